The molecule has 6 heteroatoms. The van der Waals surface area contributed by atoms with Crippen LogP contribution in [0.25, 0.3) is 0 Å². The summed E-state index contributed by atoms with van der Waals surface area (Å²) < 4.78 is 7.32. The van der Waals surface area contributed by atoms with E-state index >= 15 is 0 Å². The van der Waals surface area contributed by atoms with Gasteiger partial charge in [-0.25, -0.2) is 0 Å². The molecule has 1 aromatic rings. The zero-order valence-electron chi connectivity index (χ0n) is 9.73. The molecule has 0 radical (unpaired) electrons. The second kappa shape index (κ2) is 7.47. The van der Waals surface area contributed by atoms with Crippen LogP contribution in [0.4, 0.5) is 0 Å². The molecule has 18 heavy (non-hydrogen) atoms. The number of halogens is 3. The van der Waals surface area contributed by atoms with E-state index in [1.165, 1.54) is 0 Å². The summed E-state index contributed by atoms with van der Waals surface area (Å²) in [5.74, 6) is 0.744. The van der Waals surface area contributed by atoms with E-state index in [4.69, 9.17) is 10.5 Å². The molecule has 3 nitrogen and oxygen atoms in total. The minimum Gasteiger partial charge on any atom is -0.506 e. The van der Waals surface area contributed by atoms with Crippen molar-refractivity contribution in [2.24, 2.45) is 11.7 Å². The molecule has 2 rings (SSSR count). The average Bonchev–Trinajstić information content (AvgIpc) is 2.34. The van der Waals surface area contributed by atoms with Gasteiger partial charge in [0.15, 0.2) is 0 Å². The second-order valence-electron chi connectivity index (χ2n) is 4.30. The predicted molar refractivity (Wildman–Crippen MR) is 91.3 cm³/mol. The van der Waals surface area contributed by atoms with Crippen LogP contribution in [0.5, 0.6) is 5.75 Å². The Labute approximate surface area is 141 Å². The van der Waals surface area contributed by atoms with Gasteiger partial charge >= 0.3 is 0 Å². The van der Waals surface area contributed by atoms with Gasteiger partial charge in [-0.2, -0.15) is 0 Å². The standard InChI is InChI=1S/C12H15I2NO2.ClH/c13-8-5-9(12(16)10(14)6-8)11(15)7-1-3-17-4-2-7;/h5-7,11,16H,1-4,15H2;1H/t11-;/m1./s1. The Morgan fingerprint density at radius 2 is 1.89 bits per heavy atom. The van der Waals surface area contributed by atoms with Crippen molar-refractivity contribution in [2.45, 2.75) is 18.9 Å². The molecular formula is C12H16ClI2NO2. The Bertz CT molecular complexity index is 411. The fourth-order valence-corrected chi connectivity index (χ4v) is 4.06. The van der Waals surface area contributed by atoms with Crippen LogP contribution in [0.15, 0.2) is 12.1 Å². The largest absolute Gasteiger partial charge is 0.506 e. The van der Waals surface area contributed by atoms with Gasteiger partial charge in [-0.3, -0.25) is 0 Å². The van der Waals surface area contributed by atoms with Crippen LogP contribution in [0.2, 0.25) is 0 Å². The first-order valence-electron chi connectivity index (χ1n) is 5.61. The van der Waals surface area contributed by atoms with Gasteiger partial charge in [0.2, 0.25) is 0 Å². The molecule has 1 aliphatic heterocycles. The third-order valence-corrected chi connectivity index (χ3v) is 4.64. The molecule has 0 spiro atoms. The summed E-state index contributed by atoms with van der Waals surface area (Å²) in [5, 5.41) is 10.1. The SMILES string of the molecule is Cl.N[C@@H](c1cc(I)cc(I)c1O)C1CCOCC1. The highest BCUT2D eigenvalue weighted by Gasteiger charge is 2.25. The van der Waals surface area contributed by atoms with E-state index in [1.807, 2.05) is 12.1 Å². The van der Waals surface area contributed by atoms with Gasteiger partial charge in [-0.05, 0) is 76.1 Å². The maximum absolute atomic E-state index is 10.1. The van der Waals surface area contributed by atoms with Crippen LogP contribution in [0.1, 0.15) is 24.4 Å². The van der Waals surface area contributed by atoms with Crippen molar-refractivity contribution in [1.29, 1.82) is 0 Å². The number of phenols is 1. The molecule has 102 valence electrons. The first-order valence-corrected chi connectivity index (χ1v) is 7.76. The zero-order valence-corrected chi connectivity index (χ0v) is 14.9. The summed E-state index contributed by atoms with van der Waals surface area (Å²) in [6.45, 7) is 1.56. The van der Waals surface area contributed by atoms with Crippen LogP contribution >= 0.6 is 57.6 Å². The van der Waals surface area contributed by atoms with Gasteiger partial charge < -0.3 is 15.6 Å². The topological polar surface area (TPSA) is 55.5 Å². The molecule has 0 aromatic heterocycles. The number of phenolic OH excluding ortho intramolecular Hbond substituents is 1. The van der Waals surface area contributed by atoms with Crippen molar-refractivity contribution >= 4 is 57.6 Å². The Hall–Kier alpha value is 0.690. The van der Waals surface area contributed by atoms with E-state index in [2.05, 4.69) is 45.2 Å². The van der Waals surface area contributed by atoms with E-state index in [1.54, 1.807) is 0 Å². The zero-order chi connectivity index (χ0) is 12.4. The Kier molecular flexibility index (Phi) is 6.95. The number of benzene rings is 1. The summed E-state index contributed by atoms with van der Waals surface area (Å²) in [4.78, 5) is 0. The highest BCUT2D eigenvalue weighted by molar-refractivity contribution is 14.1. The number of nitrogens with two attached hydrogens (primary N) is 1. The maximum Gasteiger partial charge on any atom is 0.133 e. The lowest BCUT2D eigenvalue weighted by molar-refractivity contribution is 0.0581. The third-order valence-electron chi connectivity index (χ3n) is 3.19. The van der Waals surface area contributed by atoms with Crippen LogP contribution in [-0.4, -0.2) is 18.3 Å². The number of aromatic hydroxyl groups is 1. The van der Waals surface area contributed by atoms with Gasteiger partial charge in [0.05, 0.1) is 3.57 Å². The highest BCUT2D eigenvalue weighted by Crippen LogP contribution is 2.36. The molecule has 1 fully saturated rings. The molecule has 1 heterocycles. The average molecular weight is 496 g/mol. The molecule has 0 saturated carbocycles. The summed E-state index contributed by atoms with van der Waals surface area (Å²) in [6.07, 6.45) is 1.95. The number of ether oxygens (including phenoxy) is 1. The highest BCUT2D eigenvalue weighted by atomic mass is 127. The quantitative estimate of drug-likeness (QED) is 0.619. The van der Waals surface area contributed by atoms with Crippen molar-refractivity contribution in [1.82, 2.24) is 0 Å². The third kappa shape index (κ3) is 3.84. The van der Waals surface area contributed by atoms with E-state index in [9.17, 15) is 5.11 Å². The lowest BCUT2D eigenvalue weighted by atomic mass is 9.87. The van der Waals surface area contributed by atoms with Crippen LogP contribution in [0, 0.1) is 13.1 Å². The monoisotopic (exact) mass is 495 g/mol. The fraction of sp³-hybridized carbons (Fsp3) is 0.500. The van der Waals surface area contributed by atoms with E-state index < -0.39 is 0 Å². The van der Waals surface area contributed by atoms with Crippen molar-refractivity contribution in [3.8, 4) is 5.75 Å². The van der Waals surface area contributed by atoms with Gasteiger partial charge in [0.25, 0.3) is 0 Å². The van der Waals surface area contributed by atoms with Crippen molar-refractivity contribution in [2.75, 3.05) is 13.2 Å². The predicted octanol–water partition coefficient (Wildman–Crippen LogP) is 3.45. The Morgan fingerprint density at radius 3 is 2.50 bits per heavy atom. The molecule has 0 bridgehead atoms. The van der Waals surface area contributed by atoms with E-state index in [-0.39, 0.29) is 18.4 Å². The lowest BCUT2D eigenvalue weighted by Gasteiger charge is -2.28. The van der Waals surface area contributed by atoms with E-state index in [0.29, 0.717) is 11.7 Å². The minimum absolute atomic E-state index is 0. The number of hydrogen-bond donors (Lipinski definition) is 2. The van der Waals surface area contributed by atoms with Crippen molar-refractivity contribution in [3.05, 3.63) is 24.8 Å². The normalized spacial score (nSPS) is 18.2. The van der Waals surface area contributed by atoms with Gasteiger partial charge in [-0.15, -0.1) is 12.4 Å². The lowest BCUT2D eigenvalue weighted by Crippen LogP contribution is -2.27. The van der Waals surface area contributed by atoms with Gasteiger partial charge in [0.1, 0.15) is 5.75 Å². The smallest absolute Gasteiger partial charge is 0.133 e. The van der Waals surface area contributed by atoms with Crippen molar-refractivity contribution < 1.29 is 9.84 Å². The maximum atomic E-state index is 10.1. The summed E-state index contributed by atoms with van der Waals surface area (Å²) in [7, 11) is 0. The van der Waals surface area contributed by atoms with Crippen LogP contribution < -0.4 is 5.73 Å². The summed E-state index contributed by atoms with van der Waals surface area (Å²) >= 11 is 4.40. The molecule has 1 atom stereocenters. The summed E-state index contributed by atoms with van der Waals surface area (Å²) in [6, 6.07) is 3.84. The molecule has 0 aliphatic carbocycles. The Balaban J connectivity index is 0.00000162. The second-order valence-corrected chi connectivity index (χ2v) is 6.71. The number of hydrogen-bond acceptors (Lipinski definition) is 3. The van der Waals surface area contributed by atoms with Gasteiger partial charge in [-0.1, -0.05) is 0 Å². The molecule has 3 N–H and O–H groups in total. The first-order chi connectivity index (χ1) is 8.09. The molecular weight excluding hydrogens is 479 g/mol. The summed E-state index contributed by atoms with van der Waals surface area (Å²) in [5.41, 5.74) is 7.15. The Morgan fingerprint density at radius 1 is 1.28 bits per heavy atom. The molecule has 0 unspecified atom stereocenters. The fourth-order valence-electron chi connectivity index (χ4n) is 2.17. The molecule has 1 aromatic carbocycles. The first kappa shape index (κ1) is 16.7. The van der Waals surface area contributed by atoms with Crippen LogP contribution in [-0.2, 0) is 4.74 Å². The minimum atomic E-state index is -0.0952. The number of rotatable bonds is 2. The van der Waals surface area contributed by atoms with Crippen LogP contribution in [0.3, 0.4) is 0 Å². The van der Waals surface area contributed by atoms with Crippen molar-refractivity contribution in [3.63, 3.8) is 0 Å². The molecule has 1 saturated heterocycles. The van der Waals surface area contributed by atoms with E-state index in [0.717, 1.165) is 38.8 Å². The molecule has 0 amide bonds. The molecule has 1 aliphatic rings. The van der Waals surface area contributed by atoms with Gasteiger partial charge in [0, 0.05) is 28.4 Å².